The third-order valence-corrected chi connectivity index (χ3v) is 6.91. The number of nitrogens with zero attached hydrogens (tertiary/aromatic N) is 3. The smallest absolute Gasteiger partial charge is 0.241 e. The summed E-state index contributed by atoms with van der Waals surface area (Å²) in [5.74, 6) is 0.0276. The molecule has 2 aromatic heterocycles. The van der Waals surface area contributed by atoms with Crippen LogP contribution < -0.4 is 10.6 Å². The number of piperidine rings is 1. The lowest BCUT2D eigenvalue weighted by Gasteiger charge is -2.32. The number of nitrogens with one attached hydrogen (secondary N) is 2. The monoisotopic (exact) mass is 443 g/mol. The standard InChI is InChI=1S/C22H26FN5O2S/c1-13-14(2)31-21-20(16-7-6-10-27(12-16)19(30)11-24-15(3)29)26-22(28(13)21)25-18-9-5-4-8-17(18)23/h4-5,8-9,16H,6-7,10-12H2,1-3H3,(H,24,29)(H,25,26)/t16-/m0/s1. The van der Waals surface area contributed by atoms with Gasteiger partial charge in [-0.15, -0.1) is 11.3 Å². The molecule has 1 fully saturated rings. The van der Waals surface area contributed by atoms with E-state index in [0.29, 0.717) is 24.7 Å². The molecule has 2 N–H and O–H groups in total. The lowest BCUT2D eigenvalue weighted by molar-refractivity contribution is -0.133. The number of anilines is 2. The Labute approximate surface area is 184 Å². The molecule has 9 heteroatoms. The van der Waals surface area contributed by atoms with Crippen molar-refractivity contribution < 1.29 is 14.0 Å². The number of carbonyl (C=O) groups is 2. The van der Waals surface area contributed by atoms with Gasteiger partial charge in [-0.25, -0.2) is 9.37 Å². The first-order valence-electron chi connectivity index (χ1n) is 10.4. The molecule has 2 amide bonds. The van der Waals surface area contributed by atoms with Crippen LogP contribution in [0, 0.1) is 19.7 Å². The molecule has 1 aliphatic rings. The van der Waals surface area contributed by atoms with E-state index < -0.39 is 0 Å². The highest BCUT2D eigenvalue weighted by Crippen LogP contribution is 2.37. The maximum atomic E-state index is 14.2. The molecule has 0 unspecified atom stereocenters. The second-order valence-corrected chi connectivity index (χ2v) is 9.10. The molecule has 164 valence electrons. The van der Waals surface area contributed by atoms with Crippen molar-refractivity contribution in [3.05, 3.63) is 46.3 Å². The van der Waals surface area contributed by atoms with Gasteiger partial charge in [-0.1, -0.05) is 12.1 Å². The molecule has 0 radical (unpaired) electrons. The van der Waals surface area contributed by atoms with Gasteiger partial charge in [-0.3, -0.25) is 14.0 Å². The first kappa shape index (κ1) is 21.3. The number of para-hydroxylation sites is 1. The Kier molecular flexibility index (Phi) is 5.95. The van der Waals surface area contributed by atoms with E-state index in [1.807, 2.05) is 11.3 Å². The lowest BCUT2D eigenvalue weighted by atomic mass is 9.95. The molecule has 4 rings (SSSR count). The van der Waals surface area contributed by atoms with Gasteiger partial charge in [0.05, 0.1) is 17.9 Å². The van der Waals surface area contributed by atoms with Crippen LogP contribution in [0.15, 0.2) is 24.3 Å². The minimum atomic E-state index is -0.335. The summed E-state index contributed by atoms with van der Waals surface area (Å²) in [6.07, 6.45) is 1.79. The highest BCUT2D eigenvalue weighted by molar-refractivity contribution is 7.17. The van der Waals surface area contributed by atoms with E-state index in [4.69, 9.17) is 4.98 Å². The largest absolute Gasteiger partial charge is 0.347 e. The number of benzene rings is 1. The summed E-state index contributed by atoms with van der Waals surface area (Å²) in [6, 6.07) is 6.54. The fraction of sp³-hybridized carbons (Fsp3) is 0.409. The fourth-order valence-electron chi connectivity index (χ4n) is 3.98. The Morgan fingerprint density at radius 2 is 2.06 bits per heavy atom. The zero-order valence-corrected chi connectivity index (χ0v) is 18.7. The number of fused-ring (bicyclic) bond motifs is 1. The molecule has 1 saturated heterocycles. The molecule has 1 atom stereocenters. The van der Waals surface area contributed by atoms with E-state index in [1.54, 1.807) is 34.4 Å². The Bertz CT molecular complexity index is 1140. The topological polar surface area (TPSA) is 78.7 Å². The highest BCUT2D eigenvalue weighted by Gasteiger charge is 2.30. The van der Waals surface area contributed by atoms with E-state index in [-0.39, 0.29) is 30.1 Å². The summed E-state index contributed by atoms with van der Waals surface area (Å²) < 4.78 is 16.3. The van der Waals surface area contributed by atoms with Gasteiger partial charge in [0.2, 0.25) is 17.8 Å². The number of aryl methyl sites for hydroxylation is 2. The molecule has 0 aliphatic carbocycles. The first-order valence-corrected chi connectivity index (χ1v) is 11.2. The van der Waals surface area contributed by atoms with Crippen molar-refractivity contribution in [3.63, 3.8) is 0 Å². The number of imidazole rings is 1. The third-order valence-electron chi connectivity index (χ3n) is 5.72. The van der Waals surface area contributed by atoms with Gasteiger partial charge >= 0.3 is 0 Å². The number of aromatic nitrogens is 2. The number of rotatable bonds is 5. The van der Waals surface area contributed by atoms with Crippen molar-refractivity contribution in [2.24, 2.45) is 0 Å². The van der Waals surface area contributed by atoms with E-state index in [2.05, 4.69) is 17.6 Å². The van der Waals surface area contributed by atoms with E-state index in [9.17, 15) is 14.0 Å². The summed E-state index contributed by atoms with van der Waals surface area (Å²) in [4.78, 5) is 32.5. The maximum Gasteiger partial charge on any atom is 0.241 e. The second-order valence-electron chi connectivity index (χ2n) is 7.90. The normalized spacial score (nSPS) is 16.5. The van der Waals surface area contributed by atoms with Crippen LogP contribution in [0.25, 0.3) is 4.83 Å². The summed E-state index contributed by atoms with van der Waals surface area (Å²) in [6.45, 7) is 6.74. The van der Waals surface area contributed by atoms with Crippen LogP contribution in [-0.2, 0) is 9.59 Å². The highest BCUT2D eigenvalue weighted by atomic mass is 32.1. The number of halogens is 1. The van der Waals surface area contributed by atoms with Crippen molar-refractivity contribution in [1.82, 2.24) is 19.6 Å². The van der Waals surface area contributed by atoms with Gasteiger partial charge in [0.1, 0.15) is 10.6 Å². The third kappa shape index (κ3) is 4.27. The van der Waals surface area contributed by atoms with Crippen LogP contribution in [0.1, 0.15) is 41.9 Å². The van der Waals surface area contributed by atoms with Crippen molar-refractivity contribution in [2.75, 3.05) is 25.0 Å². The molecular formula is C22H26FN5O2S. The average Bonchev–Trinajstić information content (AvgIpc) is 3.25. The molecule has 31 heavy (non-hydrogen) atoms. The Balaban J connectivity index is 1.64. The quantitative estimate of drug-likeness (QED) is 0.630. The van der Waals surface area contributed by atoms with Crippen molar-refractivity contribution in [2.45, 2.75) is 39.5 Å². The summed E-state index contributed by atoms with van der Waals surface area (Å²) >= 11 is 1.66. The van der Waals surface area contributed by atoms with Crippen LogP contribution in [0.4, 0.5) is 16.0 Å². The molecule has 0 spiro atoms. The second kappa shape index (κ2) is 8.66. The number of hydrogen-bond donors (Lipinski definition) is 2. The SMILES string of the molecule is CC(=O)NCC(=O)N1CCC[C@H](c2nc(Nc3ccccc3F)n3c(C)c(C)sc23)C1. The Morgan fingerprint density at radius 3 is 2.81 bits per heavy atom. The molecule has 3 heterocycles. The van der Waals surface area contributed by atoms with Crippen molar-refractivity contribution >= 4 is 39.6 Å². The van der Waals surface area contributed by atoms with Crippen molar-refractivity contribution in [3.8, 4) is 0 Å². The maximum absolute atomic E-state index is 14.2. The molecule has 3 aromatic rings. The predicted octanol–water partition coefficient (Wildman–Crippen LogP) is 3.74. The van der Waals surface area contributed by atoms with E-state index in [0.717, 1.165) is 29.1 Å². The summed E-state index contributed by atoms with van der Waals surface area (Å²) in [7, 11) is 0. The molecular weight excluding hydrogens is 417 g/mol. The van der Waals surface area contributed by atoms with Gasteiger partial charge in [0.25, 0.3) is 0 Å². The summed E-state index contributed by atoms with van der Waals surface area (Å²) in [5.41, 5.74) is 2.36. The van der Waals surface area contributed by atoms with Crippen LogP contribution in [0.3, 0.4) is 0 Å². The van der Waals surface area contributed by atoms with Crippen LogP contribution >= 0.6 is 11.3 Å². The van der Waals surface area contributed by atoms with E-state index in [1.165, 1.54) is 17.9 Å². The van der Waals surface area contributed by atoms with Crippen LogP contribution in [0.2, 0.25) is 0 Å². The number of carbonyl (C=O) groups excluding carboxylic acids is 2. The first-order chi connectivity index (χ1) is 14.8. The lowest BCUT2D eigenvalue weighted by Crippen LogP contribution is -2.44. The molecule has 1 aliphatic heterocycles. The average molecular weight is 444 g/mol. The van der Waals surface area contributed by atoms with Gasteiger partial charge in [0.15, 0.2) is 0 Å². The number of likely N-dealkylation sites (tertiary alicyclic amines) is 1. The predicted molar refractivity (Wildman–Crippen MR) is 119 cm³/mol. The van der Waals surface area contributed by atoms with Crippen LogP contribution in [-0.4, -0.2) is 45.7 Å². The molecule has 1 aromatic carbocycles. The summed E-state index contributed by atoms with van der Waals surface area (Å²) in [5, 5.41) is 5.73. The van der Waals surface area contributed by atoms with Gasteiger partial charge in [0, 0.05) is 36.5 Å². The molecule has 7 nitrogen and oxygen atoms in total. The zero-order chi connectivity index (χ0) is 22.1. The Hall–Kier alpha value is -2.94. The molecule has 0 saturated carbocycles. The van der Waals surface area contributed by atoms with E-state index >= 15 is 0 Å². The fourth-order valence-corrected chi connectivity index (χ4v) is 5.14. The minimum Gasteiger partial charge on any atom is -0.347 e. The van der Waals surface area contributed by atoms with Gasteiger partial charge in [-0.05, 0) is 38.8 Å². The Morgan fingerprint density at radius 1 is 1.29 bits per heavy atom. The molecule has 0 bridgehead atoms. The van der Waals surface area contributed by atoms with Crippen LogP contribution in [0.5, 0.6) is 0 Å². The minimum absolute atomic E-state index is 0.0119. The van der Waals surface area contributed by atoms with Gasteiger partial charge < -0.3 is 15.5 Å². The zero-order valence-electron chi connectivity index (χ0n) is 17.9. The number of hydrogen-bond acceptors (Lipinski definition) is 5. The van der Waals surface area contributed by atoms with Crippen molar-refractivity contribution in [1.29, 1.82) is 0 Å². The van der Waals surface area contributed by atoms with Gasteiger partial charge in [-0.2, -0.15) is 0 Å². The number of amides is 2. The number of thiazole rings is 1.